The fourth-order valence-corrected chi connectivity index (χ4v) is 5.72. The number of anilines is 1. The van der Waals surface area contributed by atoms with Gasteiger partial charge in [-0.25, -0.2) is 4.39 Å². The first-order valence-corrected chi connectivity index (χ1v) is 13.0. The van der Waals surface area contributed by atoms with Crippen molar-refractivity contribution in [1.29, 1.82) is 0 Å². The SMILES string of the molecule is C[Se]N1C=C1CCOC(=O)c1ccc(N2C(=O)CSC2c2ccc(F)cc2)c(C)c1. The van der Waals surface area contributed by atoms with Crippen molar-refractivity contribution < 1.29 is 18.7 Å². The number of carbonyl (C=O) groups is 2. The molecule has 0 spiro atoms. The molecular formula is C22H21FN2O3SSe. The second-order valence-corrected chi connectivity index (χ2v) is 9.65. The molecule has 2 aliphatic rings. The van der Waals surface area contributed by atoms with Crippen LogP contribution < -0.4 is 4.90 Å². The summed E-state index contributed by atoms with van der Waals surface area (Å²) in [6, 6.07) is 11.5. The molecule has 0 radical (unpaired) electrons. The van der Waals surface area contributed by atoms with Gasteiger partial charge in [-0.15, -0.1) is 11.8 Å². The van der Waals surface area contributed by atoms with Crippen molar-refractivity contribution in [3.8, 4) is 0 Å². The number of hydrogen-bond acceptors (Lipinski definition) is 5. The van der Waals surface area contributed by atoms with Crippen LogP contribution in [0.15, 0.2) is 54.4 Å². The summed E-state index contributed by atoms with van der Waals surface area (Å²) in [6.07, 6.45) is 2.81. The maximum atomic E-state index is 13.3. The molecule has 156 valence electrons. The molecule has 5 nitrogen and oxygen atoms in total. The Morgan fingerprint density at radius 3 is 2.70 bits per heavy atom. The van der Waals surface area contributed by atoms with E-state index >= 15 is 0 Å². The summed E-state index contributed by atoms with van der Waals surface area (Å²) in [5.74, 6) is 1.82. The van der Waals surface area contributed by atoms with Crippen LogP contribution in [0.1, 0.15) is 33.3 Å². The second-order valence-electron chi connectivity index (χ2n) is 6.99. The summed E-state index contributed by atoms with van der Waals surface area (Å²) >= 11 is 1.94. The van der Waals surface area contributed by atoms with Gasteiger partial charge in [0.2, 0.25) is 0 Å². The first-order valence-electron chi connectivity index (χ1n) is 9.49. The predicted octanol–water partition coefficient (Wildman–Crippen LogP) is 4.28. The summed E-state index contributed by atoms with van der Waals surface area (Å²) < 4.78 is 20.9. The van der Waals surface area contributed by atoms with E-state index in [1.54, 1.807) is 35.2 Å². The molecule has 0 bridgehead atoms. The van der Waals surface area contributed by atoms with E-state index in [0.717, 1.165) is 23.2 Å². The van der Waals surface area contributed by atoms with E-state index in [2.05, 4.69) is 15.9 Å². The van der Waals surface area contributed by atoms with Gasteiger partial charge >= 0.3 is 123 Å². The molecule has 1 atom stereocenters. The number of esters is 1. The Bertz CT molecular complexity index is 1010. The molecule has 2 heterocycles. The van der Waals surface area contributed by atoms with Crippen molar-refractivity contribution >= 4 is 44.5 Å². The average molecular weight is 491 g/mol. The molecule has 2 aromatic rings. The van der Waals surface area contributed by atoms with E-state index in [9.17, 15) is 14.0 Å². The molecule has 1 saturated heterocycles. The van der Waals surface area contributed by atoms with Crippen LogP contribution in [0.3, 0.4) is 0 Å². The normalized spacial score (nSPS) is 17.9. The maximum absolute atomic E-state index is 13.3. The number of benzene rings is 2. The van der Waals surface area contributed by atoms with E-state index in [4.69, 9.17) is 4.74 Å². The number of carbonyl (C=O) groups excluding carboxylic acids is 2. The van der Waals surface area contributed by atoms with Crippen LogP contribution in [0.2, 0.25) is 5.82 Å². The molecule has 30 heavy (non-hydrogen) atoms. The van der Waals surface area contributed by atoms with Gasteiger partial charge in [0.1, 0.15) is 5.82 Å². The Hall–Kier alpha value is -2.28. The Morgan fingerprint density at radius 2 is 2.03 bits per heavy atom. The molecule has 4 rings (SSSR count). The molecule has 1 fully saturated rings. The number of thioether (sulfide) groups is 1. The van der Waals surface area contributed by atoms with E-state index < -0.39 is 0 Å². The number of rotatable bonds is 7. The fraction of sp³-hybridized carbons (Fsp3) is 0.273. The van der Waals surface area contributed by atoms with E-state index in [0.29, 0.717) is 33.1 Å². The summed E-state index contributed by atoms with van der Waals surface area (Å²) in [5, 5.41) is -0.218. The van der Waals surface area contributed by atoms with Gasteiger partial charge in [-0.3, -0.25) is 4.79 Å². The quantitative estimate of drug-likeness (QED) is 0.428. The molecular weight excluding hydrogens is 470 g/mol. The molecule has 2 aromatic carbocycles. The first-order chi connectivity index (χ1) is 14.5. The van der Waals surface area contributed by atoms with Crippen LogP contribution >= 0.6 is 11.8 Å². The van der Waals surface area contributed by atoms with Crippen molar-refractivity contribution in [2.24, 2.45) is 0 Å². The van der Waals surface area contributed by atoms with Gasteiger partial charge < -0.3 is 0 Å². The van der Waals surface area contributed by atoms with Gasteiger partial charge in [0, 0.05) is 0 Å². The van der Waals surface area contributed by atoms with Crippen molar-refractivity contribution in [3.63, 3.8) is 0 Å². The van der Waals surface area contributed by atoms with Crippen LogP contribution in [0.4, 0.5) is 10.1 Å². The van der Waals surface area contributed by atoms with Crippen molar-refractivity contribution in [2.45, 2.75) is 24.5 Å². The van der Waals surface area contributed by atoms with Crippen LogP contribution in [-0.2, 0) is 9.53 Å². The average Bonchev–Trinajstić information content (AvgIpc) is 3.40. The zero-order chi connectivity index (χ0) is 21.3. The van der Waals surface area contributed by atoms with Crippen molar-refractivity contribution in [3.05, 3.63) is 76.9 Å². The van der Waals surface area contributed by atoms with Gasteiger partial charge in [0.25, 0.3) is 0 Å². The van der Waals surface area contributed by atoms with Crippen molar-refractivity contribution in [2.75, 3.05) is 17.3 Å². The summed E-state index contributed by atoms with van der Waals surface area (Å²) in [4.78, 5) is 26.7. The Labute approximate surface area is 185 Å². The monoisotopic (exact) mass is 492 g/mol. The summed E-state index contributed by atoms with van der Waals surface area (Å²) in [7, 11) is 0. The van der Waals surface area contributed by atoms with Gasteiger partial charge in [0.05, 0.1) is 5.75 Å². The molecule has 2 aliphatic heterocycles. The van der Waals surface area contributed by atoms with Crippen LogP contribution in [-0.4, -0.2) is 43.3 Å². The summed E-state index contributed by atoms with van der Waals surface area (Å²) in [5.41, 5.74) is 4.13. The minimum absolute atomic E-state index is 0.00691. The number of amides is 1. The van der Waals surface area contributed by atoms with Crippen LogP contribution in [0.25, 0.3) is 0 Å². The molecule has 0 saturated carbocycles. The van der Waals surface area contributed by atoms with E-state index in [1.165, 1.54) is 29.6 Å². The third kappa shape index (κ3) is 4.41. The van der Waals surface area contributed by atoms with E-state index in [-0.39, 0.29) is 23.1 Å². The third-order valence-electron chi connectivity index (χ3n) is 4.98. The van der Waals surface area contributed by atoms with Gasteiger partial charge in [-0.2, -0.15) is 0 Å². The van der Waals surface area contributed by atoms with Gasteiger partial charge in [-0.05, 0) is 17.7 Å². The number of halogens is 1. The van der Waals surface area contributed by atoms with Gasteiger partial charge in [0.15, 0.2) is 0 Å². The molecule has 0 aromatic heterocycles. The number of ether oxygens (including phenoxy) is 1. The summed E-state index contributed by atoms with van der Waals surface area (Å²) in [6.45, 7) is 2.23. The topological polar surface area (TPSA) is 49.6 Å². The predicted molar refractivity (Wildman–Crippen MR) is 117 cm³/mol. The van der Waals surface area contributed by atoms with Crippen LogP contribution in [0, 0.1) is 12.7 Å². The minimum atomic E-state index is -0.364. The fourth-order valence-electron chi connectivity index (χ4n) is 3.39. The van der Waals surface area contributed by atoms with Gasteiger partial charge in [-0.1, -0.05) is 12.1 Å². The number of nitrogens with zero attached hydrogens (tertiary/aromatic N) is 2. The molecule has 1 unspecified atom stereocenters. The standard InChI is InChI=1S/C22H21FN2O3SSe/c1-14-11-16(22(27)28-10-9-18-12-24(18)30-2)5-8-19(14)25-20(26)13-29-21(25)15-3-6-17(23)7-4-15/h3-8,11-12,21H,9-10,13H2,1-2H3. The molecule has 8 heteroatoms. The second kappa shape index (κ2) is 8.84. The zero-order valence-corrected chi connectivity index (χ0v) is 19.2. The number of hydrogen-bond donors (Lipinski definition) is 0. The third-order valence-corrected chi connectivity index (χ3v) is 7.74. The first kappa shape index (κ1) is 21.0. The molecule has 0 aliphatic carbocycles. The molecule has 0 N–H and O–H groups in total. The van der Waals surface area contributed by atoms with E-state index in [1.807, 2.05) is 6.92 Å². The van der Waals surface area contributed by atoms with Crippen molar-refractivity contribution in [1.82, 2.24) is 3.92 Å². The van der Waals surface area contributed by atoms with Crippen LogP contribution in [0.5, 0.6) is 0 Å². The zero-order valence-electron chi connectivity index (χ0n) is 16.6. The molecule has 1 amide bonds. The Morgan fingerprint density at radius 1 is 1.27 bits per heavy atom. The Kier molecular flexibility index (Phi) is 6.18. The Balaban J connectivity index is 1.46. The number of aryl methyl sites for hydroxylation is 1.